The number of pyridine rings is 1. The first-order valence-corrected chi connectivity index (χ1v) is 12.9. The molecule has 0 bridgehead atoms. The van der Waals surface area contributed by atoms with E-state index in [0.29, 0.717) is 34.9 Å². The summed E-state index contributed by atoms with van der Waals surface area (Å²) in [5.74, 6) is 0.623. The molecule has 38 heavy (non-hydrogen) atoms. The molecule has 0 aliphatic heterocycles. The van der Waals surface area contributed by atoms with Gasteiger partial charge >= 0.3 is 0 Å². The summed E-state index contributed by atoms with van der Waals surface area (Å²) in [6.07, 6.45) is 9.13. The average Bonchev–Trinajstić information content (AvgIpc) is 3.59. The van der Waals surface area contributed by atoms with Crippen molar-refractivity contribution in [1.29, 1.82) is 0 Å². The van der Waals surface area contributed by atoms with Gasteiger partial charge in [-0.3, -0.25) is 9.79 Å². The highest BCUT2D eigenvalue weighted by Gasteiger charge is 2.26. The van der Waals surface area contributed by atoms with Crippen molar-refractivity contribution in [2.75, 3.05) is 7.05 Å². The van der Waals surface area contributed by atoms with Crippen LogP contribution >= 0.6 is 0 Å². The number of nitrogens with two attached hydrogens (primary N) is 1. The van der Waals surface area contributed by atoms with Crippen molar-refractivity contribution in [3.63, 3.8) is 0 Å². The summed E-state index contributed by atoms with van der Waals surface area (Å²) in [6, 6.07) is 16.6. The third-order valence-electron chi connectivity index (χ3n) is 7.00. The summed E-state index contributed by atoms with van der Waals surface area (Å²) in [4.78, 5) is 26.9. The van der Waals surface area contributed by atoms with Gasteiger partial charge < -0.3 is 15.6 Å². The molecule has 0 unspecified atom stereocenters. The SMILES string of the molecule is CN=CC(=CN)c1cc(F)cc(CNC(=O)c2nccc3nc(C4CCCC4)n(Cc4ccccc4)c23)c1. The van der Waals surface area contributed by atoms with Crippen LogP contribution in [0.3, 0.4) is 0 Å². The van der Waals surface area contributed by atoms with Gasteiger partial charge in [-0.2, -0.15) is 0 Å². The number of allylic oxidation sites excluding steroid dienone is 1. The van der Waals surface area contributed by atoms with E-state index in [1.165, 1.54) is 31.2 Å². The number of imidazole rings is 1. The summed E-state index contributed by atoms with van der Waals surface area (Å²) >= 11 is 0. The molecular formula is C30H31FN6O. The highest BCUT2D eigenvalue weighted by molar-refractivity contribution is 6.09. The number of halogens is 1. The number of rotatable bonds is 8. The van der Waals surface area contributed by atoms with Gasteiger partial charge in [0, 0.05) is 50.2 Å². The molecule has 2 aromatic heterocycles. The van der Waals surface area contributed by atoms with Crippen molar-refractivity contribution in [3.05, 3.63) is 101 Å². The zero-order valence-electron chi connectivity index (χ0n) is 21.4. The molecular weight excluding hydrogens is 479 g/mol. The molecule has 3 N–H and O–H groups in total. The molecule has 4 aromatic rings. The van der Waals surface area contributed by atoms with Crippen LogP contribution < -0.4 is 11.1 Å². The first-order chi connectivity index (χ1) is 18.6. The smallest absolute Gasteiger partial charge is 0.272 e. The lowest BCUT2D eigenvalue weighted by Crippen LogP contribution is -2.25. The van der Waals surface area contributed by atoms with E-state index in [9.17, 15) is 9.18 Å². The number of amides is 1. The summed E-state index contributed by atoms with van der Waals surface area (Å²) in [5.41, 5.74) is 10.4. The lowest BCUT2D eigenvalue weighted by Gasteiger charge is -2.15. The van der Waals surface area contributed by atoms with E-state index in [1.807, 2.05) is 24.3 Å². The second kappa shape index (κ2) is 11.4. The molecule has 0 atom stereocenters. The number of carbonyl (C=O) groups excluding carboxylic acids is 1. The van der Waals surface area contributed by atoms with Crippen molar-refractivity contribution in [2.24, 2.45) is 10.7 Å². The second-order valence-electron chi connectivity index (χ2n) is 9.59. The Labute approximate surface area is 221 Å². The van der Waals surface area contributed by atoms with Crippen LogP contribution in [0.4, 0.5) is 4.39 Å². The highest BCUT2D eigenvalue weighted by atomic mass is 19.1. The number of nitrogens with zero attached hydrogens (tertiary/aromatic N) is 4. The number of aliphatic imine (C=N–C) groups is 1. The molecule has 1 saturated carbocycles. The Hall–Kier alpha value is -4.33. The maximum Gasteiger partial charge on any atom is 0.272 e. The van der Waals surface area contributed by atoms with Gasteiger partial charge in [0.25, 0.3) is 5.91 Å². The third kappa shape index (κ3) is 5.34. The van der Waals surface area contributed by atoms with E-state index in [-0.39, 0.29) is 12.5 Å². The van der Waals surface area contributed by atoms with Gasteiger partial charge in [0.1, 0.15) is 17.2 Å². The molecule has 7 nitrogen and oxygen atoms in total. The van der Waals surface area contributed by atoms with E-state index < -0.39 is 5.82 Å². The Morgan fingerprint density at radius 2 is 1.95 bits per heavy atom. The zero-order valence-corrected chi connectivity index (χ0v) is 21.4. The Morgan fingerprint density at radius 1 is 1.16 bits per heavy atom. The molecule has 5 rings (SSSR count). The van der Waals surface area contributed by atoms with E-state index in [1.54, 1.807) is 25.5 Å². The predicted molar refractivity (Wildman–Crippen MR) is 148 cm³/mol. The number of fused-ring (bicyclic) bond motifs is 1. The molecule has 1 amide bonds. The third-order valence-corrected chi connectivity index (χ3v) is 7.00. The van der Waals surface area contributed by atoms with Crippen LogP contribution in [0.2, 0.25) is 0 Å². The second-order valence-corrected chi connectivity index (χ2v) is 9.59. The van der Waals surface area contributed by atoms with Crippen molar-refractivity contribution < 1.29 is 9.18 Å². The van der Waals surface area contributed by atoms with Crippen LogP contribution in [0.5, 0.6) is 0 Å². The van der Waals surface area contributed by atoms with Crippen LogP contribution in [0.15, 0.2) is 72.0 Å². The zero-order chi connectivity index (χ0) is 26.5. The minimum Gasteiger partial charge on any atom is -0.404 e. The van der Waals surface area contributed by atoms with Crippen molar-refractivity contribution in [1.82, 2.24) is 19.9 Å². The molecule has 2 heterocycles. The Morgan fingerprint density at radius 3 is 2.68 bits per heavy atom. The fraction of sp³-hybridized carbons (Fsp3) is 0.267. The van der Waals surface area contributed by atoms with Gasteiger partial charge in [0.2, 0.25) is 0 Å². The fourth-order valence-electron chi connectivity index (χ4n) is 5.22. The lowest BCUT2D eigenvalue weighted by atomic mass is 10.0. The van der Waals surface area contributed by atoms with Crippen LogP contribution in [0.1, 0.15) is 64.6 Å². The summed E-state index contributed by atoms with van der Waals surface area (Å²) < 4.78 is 16.5. The Balaban J connectivity index is 1.47. The van der Waals surface area contributed by atoms with Crippen LogP contribution in [0.25, 0.3) is 16.6 Å². The summed E-state index contributed by atoms with van der Waals surface area (Å²) in [7, 11) is 1.62. The van der Waals surface area contributed by atoms with E-state index in [4.69, 9.17) is 10.7 Å². The topological polar surface area (TPSA) is 98.2 Å². The van der Waals surface area contributed by atoms with Gasteiger partial charge in [-0.1, -0.05) is 43.2 Å². The van der Waals surface area contributed by atoms with Crippen LogP contribution in [-0.2, 0) is 13.1 Å². The van der Waals surface area contributed by atoms with Crippen molar-refractivity contribution in [2.45, 2.75) is 44.7 Å². The molecule has 1 fully saturated rings. The number of carbonyl (C=O) groups is 1. The van der Waals surface area contributed by atoms with Crippen molar-refractivity contribution >= 4 is 28.7 Å². The number of hydrogen-bond acceptors (Lipinski definition) is 5. The van der Waals surface area contributed by atoms with Gasteiger partial charge in [-0.05, 0) is 53.8 Å². The summed E-state index contributed by atoms with van der Waals surface area (Å²) in [6.45, 7) is 0.737. The molecule has 0 spiro atoms. The van der Waals surface area contributed by atoms with E-state index >= 15 is 0 Å². The minimum atomic E-state index is -0.419. The maximum atomic E-state index is 14.4. The van der Waals surface area contributed by atoms with Gasteiger partial charge in [0.05, 0.1) is 5.52 Å². The molecule has 194 valence electrons. The Bertz CT molecular complexity index is 1500. The standard InChI is InChI=1S/C30H31FN6O/c1-33-18-24(16-32)23-13-21(14-25(31)15-23)17-35-30(38)27-28-26(11-12-34-27)36-29(22-9-5-6-10-22)37(28)19-20-7-3-2-4-8-20/h2-4,7-8,11-16,18,22H,5-6,9-10,17,19,32H2,1H3,(H,35,38). The van der Waals surface area contributed by atoms with Crippen molar-refractivity contribution in [3.8, 4) is 0 Å². The minimum absolute atomic E-state index is 0.130. The Kier molecular flexibility index (Phi) is 7.58. The molecule has 1 aliphatic carbocycles. The van der Waals surface area contributed by atoms with Gasteiger partial charge in [-0.25, -0.2) is 14.4 Å². The molecule has 0 saturated heterocycles. The quantitative estimate of drug-likeness (QED) is 0.318. The van der Waals surface area contributed by atoms with Crippen LogP contribution in [0, 0.1) is 5.82 Å². The van der Waals surface area contributed by atoms with E-state index in [0.717, 1.165) is 35.3 Å². The molecule has 1 aliphatic rings. The molecule has 8 heteroatoms. The van der Waals surface area contributed by atoms with Crippen LogP contribution in [-0.4, -0.2) is 33.7 Å². The number of nitrogens with one attached hydrogen (secondary N) is 1. The number of aromatic nitrogens is 3. The number of benzene rings is 2. The first kappa shape index (κ1) is 25.3. The average molecular weight is 511 g/mol. The highest BCUT2D eigenvalue weighted by Crippen LogP contribution is 2.36. The first-order valence-electron chi connectivity index (χ1n) is 12.9. The maximum absolute atomic E-state index is 14.4. The monoisotopic (exact) mass is 510 g/mol. The fourth-order valence-corrected chi connectivity index (χ4v) is 5.22. The van der Waals surface area contributed by atoms with E-state index in [2.05, 4.69) is 32.0 Å². The summed E-state index contributed by atoms with van der Waals surface area (Å²) in [5, 5.41) is 2.93. The predicted octanol–water partition coefficient (Wildman–Crippen LogP) is 5.21. The lowest BCUT2D eigenvalue weighted by molar-refractivity contribution is 0.0947. The van der Waals surface area contributed by atoms with Gasteiger partial charge in [-0.15, -0.1) is 0 Å². The largest absolute Gasteiger partial charge is 0.404 e. The number of hydrogen-bond donors (Lipinski definition) is 2. The molecule has 0 radical (unpaired) electrons. The normalized spacial score (nSPS) is 14.5. The van der Waals surface area contributed by atoms with Gasteiger partial charge in [0.15, 0.2) is 5.69 Å². The molecule has 2 aromatic carbocycles.